The predicted octanol–water partition coefficient (Wildman–Crippen LogP) is 1.26. The Morgan fingerprint density at radius 3 is 2.70 bits per heavy atom. The Bertz CT molecular complexity index is 912. The zero-order valence-corrected chi connectivity index (χ0v) is 16.8. The smallest absolute Gasteiger partial charge is 0.263 e. The second-order valence-electron chi connectivity index (χ2n) is 7.54. The van der Waals surface area contributed by atoms with Gasteiger partial charge in [-0.2, -0.15) is 0 Å². The van der Waals surface area contributed by atoms with Crippen molar-refractivity contribution in [3.8, 4) is 0 Å². The molecule has 2 aliphatic rings. The fourth-order valence-electron chi connectivity index (χ4n) is 3.90. The molecule has 4 rings (SSSR count). The molecule has 8 heteroatoms. The molecule has 0 bridgehead atoms. The topological polar surface area (TPSA) is 67.7 Å². The van der Waals surface area contributed by atoms with Gasteiger partial charge in [0.05, 0.1) is 25.1 Å². The van der Waals surface area contributed by atoms with Gasteiger partial charge in [-0.1, -0.05) is 0 Å². The molecule has 2 aromatic heterocycles. The second-order valence-corrected chi connectivity index (χ2v) is 8.62. The van der Waals surface area contributed by atoms with Gasteiger partial charge in [0.25, 0.3) is 5.56 Å². The summed E-state index contributed by atoms with van der Waals surface area (Å²) >= 11 is 1.66. The molecule has 0 atom stereocenters. The average molecular weight is 391 g/mol. The van der Waals surface area contributed by atoms with Crippen LogP contribution in [0.25, 0.3) is 10.2 Å². The van der Waals surface area contributed by atoms with Crippen molar-refractivity contribution < 1.29 is 9.53 Å². The molecule has 27 heavy (non-hydrogen) atoms. The number of thiophene rings is 1. The normalized spacial score (nSPS) is 17.5. The van der Waals surface area contributed by atoms with Crippen LogP contribution in [-0.4, -0.2) is 65.7 Å². The number of fused-ring (bicyclic) bond motifs is 3. The van der Waals surface area contributed by atoms with E-state index in [1.54, 1.807) is 20.8 Å². The van der Waals surface area contributed by atoms with Gasteiger partial charge in [0, 0.05) is 18.0 Å². The lowest BCUT2D eigenvalue weighted by Gasteiger charge is -2.27. The first kappa shape index (κ1) is 18.6. The Labute approximate surface area is 162 Å². The van der Waals surface area contributed by atoms with Gasteiger partial charge < -0.3 is 14.5 Å². The highest BCUT2D eigenvalue weighted by Crippen LogP contribution is 2.33. The molecule has 7 nitrogen and oxygen atoms in total. The molecule has 1 saturated heterocycles. The van der Waals surface area contributed by atoms with Crippen molar-refractivity contribution >= 4 is 27.5 Å². The monoisotopic (exact) mass is 390 g/mol. The van der Waals surface area contributed by atoms with E-state index in [2.05, 4.69) is 0 Å². The van der Waals surface area contributed by atoms with Crippen LogP contribution in [0.3, 0.4) is 0 Å². The first-order valence-electron chi connectivity index (χ1n) is 9.59. The minimum Gasteiger partial charge on any atom is -0.378 e. The summed E-state index contributed by atoms with van der Waals surface area (Å²) < 4.78 is 6.93. The molecule has 0 saturated carbocycles. The summed E-state index contributed by atoms with van der Waals surface area (Å²) in [6.45, 7) is 2.86. The average Bonchev–Trinajstić information content (AvgIpc) is 3.03. The molecule has 1 fully saturated rings. The highest BCUT2D eigenvalue weighted by Gasteiger charge is 2.24. The van der Waals surface area contributed by atoms with Crippen molar-refractivity contribution in [1.82, 2.24) is 19.4 Å². The van der Waals surface area contributed by atoms with E-state index < -0.39 is 0 Å². The summed E-state index contributed by atoms with van der Waals surface area (Å²) in [7, 11) is 3.90. The lowest BCUT2D eigenvalue weighted by Crippen LogP contribution is -2.44. The van der Waals surface area contributed by atoms with Gasteiger partial charge in [-0.25, -0.2) is 4.98 Å². The second kappa shape index (κ2) is 7.69. The van der Waals surface area contributed by atoms with Gasteiger partial charge in [0.2, 0.25) is 5.91 Å². The van der Waals surface area contributed by atoms with Gasteiger partial charge >= 0.3 is 0 Å². The summed E-state index contributed by atoms with van der Waals surface area (Å²) in [5.41, 5.74) is 1.11. The minimum atomic E-state index is -0.0575. The molecule has 0 spiro atoms. The summed E-state index contributed by atoms with van der Waals surface area (Å²) in [4.78, 5) is 36.9. The van der Waals surface area contributed by atoms with Crippen molar-refractivity contribution in [3.05, 3.63) is 26.6 Å². The van der Waals surface area contributed by atoms with Crippen molar-refractivity contribution in [2.75, 3.05) is 40.4 Å². The Hall–Kier alpha value is -1.77. The summed E-state index contributed by atoms with van der Waals surface area (Å²) in [5, 5.41) is 0.743. The molecule has 0 radical (unpaired) electrons. The first-order chi connectivity index (χ1) is 13.0. The molecule has 1 amide bonds. The van der Waals surface area contributed by atoms with Gasteiger partial charge in [-0.3, -0.25) is 14.2 Å². The van der Waals surface area contributed by atoms with Gasteiger partial charge in [-0.05, 0) is 45.3 Å². The molecule has 0 N–H and O–H groups in total. The Kier molecular flexibility index (Phi) is 5.29. The van der Waals surface area contributed by atoms with Crippen LogP contribution in [-0.2, 0) is 35.5 Å². The summed E-state index contributed by atoms with van der Waals surface area (Å²) in [6.07, 6.45) is 4.26. The van der Waals surface area contributed by atoms with E-state index >= 15 is 0 Å². The molecule has 146 valence electrons. The Morgan fingerprint density at radius 1 is 1.22 bits per heavy atom. The summed E-state index contributed by atoms with van der Waals surface area (Å²) in [5.74, 6) is 0.628. The zero-order chi connectivity index (χ0) is 19.0. The standard InChI is InChI=1S/C19H26N4O3S/c1-21(2)11-15-20-18-17(13-5-3-4-6-14(13)27-18)19(25)23(15)12-16(24)22-7-9-26-10-8-22/h3-12H2,1-2H3. The van der Waals surface area contributed by atoms with E-state index in [0.29, 0.717) is 38.7 Å². The molecular weight excluding hydrogens is 364 g/mol. The van der Waals surface area contributed by atoms with Gasteiger partial charge in [0.15, 0.2) is 0 Å². The SMILES string of the molecule is CN(C)Cc1nc2sc3c(c2c(=O)n1CC(=O)N1CCOCC1)CCCC3. The van der Waals surface area contributed by atoms with E-state index in [1.165, 1.54) is 16.9 Å². The van der Waals surface area contributed by atoms with Crippen LogP contribution in [0.2, 0.25) is 0 Å². The number of rotatable bonds is 4. The number of hydrogen-bond acceptors (Lipinski definition) is 6. The maximum atomic E-state index is 13.4. The van der Waals surface area contributed by atoms with Gasteiger partial charge in [-0.15, -0.1) is 11.3 Å². The third-order valence-electron chi connectivity index (χ3n) is 5.27. The van der Waals surface area contributed by atoms with Crippen molar-refractivity contribution in [1.29, 1.82) is 0 Å². The maximum absolute atomic E-state index is 13.4. The Balaban J connectivity index is 1.77. The predicted molar refractivity (Wildman–Crippen MR) is 105 cm³/mol. The fourth-order valence-corrected chi connectivity index (χ4v) is 5.17. The van der Waals surface area contributed by atoms with Gasteiger partial charge in [0.1, 0.15) is 17.2 Å². The van der Waals surface area contributed by atoms with Crippen molar-refractivity contribution in [2.45, 2.75) is 38.8 Å². The van der Waals surface area contributed by atoms with Crippen LogP contribution in [0.4, 0.5) is 0 Å². The molecule has 0 aromatic carbocycles. The minimum absolute atomic E-state index is 0.0364. The largest absolute Gasteiger partial charge is 0.378 e. The first-order valence-corrected chi connectivity index (χ1v) is 10.4. The van der Waals surface area contributed by atoms with Crippen LogP contribution in [0.1, 0.15) is 29.1 Å². The number of carbonyl (C=O) groups excluding carboxylic acids is 1. The highest BCUT2D eigenvalue weighted by atomic mass is 32.1. The van der Waals surface area contributed by atoms with Crippen LogP contribution in [0.5, 0.6) is 0 Å². The zero-order valence-electron chi connectivity index (χ0n) is 16.0. The molecule has 1 aliphatic carbocycles. The number of hydrogen-bond donors (Lipinski definition) is 0. The van der Waals surface area contributed by atoms with E-state index in [1.807, 2.05) is 19.0 Å². The van der Waals surface area contributed by atoms with E-state index in [0.717, 1.165) is 29.5 Å². The fraction of sp³-hybridized carbons (Fsp3) is 0.632. The number of aryl methyl sites for hydroxylation is 2. The van der Waals surface area contributed by atoms with E-state index in [-0.39, 0.29) is 18.0 Å². The number of nitrogens with zero attached hydrogens (tertiary/aromatic N) is 4. The number of aromatic nitrogens is 2. The summed E-state index contributed by atoms with van der Waals surface area (Å²) in [6, 6.07) is 0. The number of amides is 1. The van der Waals surface area contributed by atoms with Crippen LogP contribution in [0.15, 0.2) is 4.79 Å². The number of carbonyl (C=O) groups is 1. The number of morpholine rings is 1. The molecule has 0 unspecified atom stereocenters. The van der Waals surface area contributed by atoms with Crippen molar-refractivity contribution in [2.24, 2.45) is 0 Å². The third kappa shape index (κ3) is 3.66. The van der Waals surface area contributed by atoms with Crippen LogP contribution >= 0.6 is 11.3 Å². The van der Waals surface area contributed by atoms with Crippen molar-refractivity contribution in [3.63, 3.8) is 0 Å². The number of ether oxygens (including phenoxy) is 1. The molecule has 2 aromatic rings. The molecule has 3 heterocycles. The lowest BCUT2D eigenvalue weighted by atomic mass is 9.97. The van der Waals surface area contributed by atoms with Crippen LogP contribution < -0.4 is 5.56 Å². The van der Waals surface area contributed by atoms with E-state index in [9.17, 15) is 9.59 Å². The van der Waals surface area contributed by atoms with Crippen LogP contribution in [0, 0.1) is 0 Å². The third-order valence-corrected chi connectivity index (χ3v) is 6.45. The quantitative estimate of drug-likeness (QED) is 0.786. The lowest BCUT2D eigenvalue weighted by molar-refractivity contribution is -0.136. The highest BCUT2D eigenvalue weighted by molar-refractivity contribution is 7.18. The van der Waals surface area contributed by atoms with E-state index in [4.69, 9.17) is 9.72 Å². The molecular formula is C19H26N4O3S. The molecule has 1 aliphatic heterocycles. The Morgan fingerprint density at radius 2 is 1.96 bits per heavy atom. The maximum Gasteiger partial charge on any atom is 0.263 e.